The minimum Gasteiger partial charge on any atom is -0.512 e. The number of rotatable bonds is 9. The molecule has 210 valence electrons. The lowest BCUT2D eigenvalue weighted by atomic mass is 9.74. The third-order valence-corrected chi connectivity index (χ3v) is 9.57. The molecule has 0 bridgehead atoms. The maximum atomic E-state index is 12.0. The van der Waals surface area contributed by atoms with E-state index in [1.54, 1.807) is 0 Å². The Labute approximate surface area is 242 Å². The molecule has 39 heavy (non-hydrogen) atoms. The van der Waals surface area contributed by atoms with Crippen molar-refractivity contribution in [1.29, 1.82) is 0 Å². The highest BCUT2D eigenvalue weighted by Gasteiger charge is 2.40. The average Bonchev–Trinajstić information content (AvgIpc) is 3.70. The molecule has 2 fully saturated rings. The summed E-state index contributed by atoms with van der Waals surface area (Å²) in [5.41, 5.74) is 4.88. The Morgan fingerprint density at radius 2 is 1.79 bits per heavy atom. The second kappa shape index (κ2) is 12.2. The van der Waals surface area contributed by atoms with Crippen LogP contribution in [0, 0.1) is 17.8 Å². The Balaban J connectivity index is 1.25. The van der Waals surface area contributed by atoms with Crippen LogP contribution in [-0.4, -0.2) is 41.8 Å². The lowest BCUT2D eigenvalue weighted by Crippen LogP contribution is -2.48. The van der Waals surface area contributed by atoms with E-state index >= 15 is 0 Å². The first-order valence-corrected chi connectivity index (χ1v) is 14.9. The number of hydrogen-bond donors (Lipinski definition) is 1. The van der Waals surface area contributed by atoms with Crippen molar-refractivity contribution in [2.75, 3.05) is 13.7 Å². The molecule has 2 saturated carbocycles. The summed E-state index contributed by atoms with van der Waals surface area (Å²) in [4.78, 5) is 14.6. The van der Waals surface area contributed by atoms with E-state index in [1.165, 1.54) is 18.2 Å². The third kappa shape index (κ3) is 6.32. The average molecular weight is 573 g/mol. The fourth-order valence-electron chi connectivity index (χ4n) is 6.66. The van der Waals surface area contributed by atoms with Crippen molar-refractivity contribution in [2.45, 2.75) is 77.6 Å². The lowest BCUT2D eigenvalue weighted by molar-refractivity contribution is -0.0393. The van der Waals surface area contributed by atoms with Gasteiger partial charge in [-0.05, 0) is 84.0 Å². The van der Waals surface area contributed by atoms with Gasteiger partial charge in [0.2, 0.25) is 0 Å². The SMILES string of the molecule is CCC1CC(OC/C(Cc2c(Cl)cccc2Cl)=C(/O)C2CC2)CC(C)C1N1Cc2ccc(C(=O)OC)cc2C1. The van der Waals surface area contributed by atoms with Crippen LogP contribution in [0.3, 0.4) is 0 Å². The van der Waals surface area contributed by atoms with Crippen molar-refractivity contribution >= 4 is 29.2 Å². The number of carbonyl (C=O) groups excluding carboxylic acids is 1. The predicted octanol–water partition coefficient (Wildman–Crippen LogP) is 7.77. The van der Waals surface area contributed by atoms with E-state index in [9.17, 15) is 9.90 Å². The first kappa shape index (κ1) is 28.5. The Bertz CT molecular complexity index is 1220. The molecule has 1 heterocycles. The van der Waals surface area contributed by atoms with Gasteiger partial charge in [0, 0.05) is 41.5 Å². The van der Waals surface area contributed by atoms with Gasteiger partial charge in [-0.3, -0.25) is 4.90 Å². The van der Waals surface area contributed by atoms with Gasteiger partial charge in [0.1, 0.15) is 0 Å². The lowest BCUT2D eigenvalue weighted by Gasteiger charge is -2.45. The summed E-state index contributed by atoms with van der Waals surface area (Å²) < 4.78 is 11.5. The third-order valence-electron chi connectivity index (χ3n) is 8.86. The monoisotopic (exact) mass is 571 g/mol. The molecular formula is C32H39Cl2NO4. The molecule has 2 aliphatic carbocycles. The summed E-state index contributed by atoms with van der Waals surface area (Å²) in [6, 6.07) is 11.9. The molecule has 2 aromatic rings. The van der Waals surface area contributed by atoms with Crippen molar-refractivity contribution in [3.05, 3.63) is 80.0 Å². The maximum Gasteiger partial charge on any atom is 0.337 e. The van der Waals surface area contributed by atoms with Crippen molar-refractivity contribution < 1.29 is 19.4 Å². The summed E-state index contributed by atoms with van der Waals surface area (Å²) >= 11 is 12.9. The summed E-state index contributed by atoms with van der Waals surface area (Å²) in [6.45, 7) is 6.78. The number of halogens is 2. The molecule has 1 N–H and O–H groups in total. The molecule has 0 amide bonds. The van der Waals surface area contributed by atoms with Crippen molar-refractivity contribution in [2.24, 2.45) is 17.8 Å². The van der Waals surface area contributed by atoms with Gasteiger partial charge in [-0.1, -0.05) is 55.6 Å². The van der Waals surface area contributed by atoms with Gasteiger partial charge in [0.05, 0.1) is 31.1 Å². The number of fused-ring (bicyclic) bond motifs is 1. The Hall–Kier alpha value is -2.05. The van der Waals surface area contributed by atoms with Crippen LogP contribution in [0.25, 0.3) is 0 Å². The van der Waals surface area contributed by atoms with Crippen molar-refractivity contribution in [1.82, 2.24) is 4.90 Å². The number of methoxy groups -OCH3 is 1. The first-order chi connectivity index (χ1) is 18.8. The zero-order chi connectivity index (χ0) is 27.7. The predicted molar refractivity (Wildman–Crippen MR) is 155 cm³/mol. The van der Waals surface area contributed by atoms with Gasteiger partial charge in [-0.2, -0.15) is 0 Å². The number of aliphatic hydroxyl groups excluding tert-OH is 1. The molecule has 3 aliphatic rings. The number of benzene rings is 2. The van der Waals surface area contributed by atoms with Gasteiger partial charge < -0.3 is 14.6 Å². The molecule has 5 rings (SSSR count). The second-order valence-electron chi connectivity index (χ2n) is 11.6. The molecule has 4 unspecified atom stereocenters. The largest absolute Gasteiger partial charge is 0.512 e. The van der Waals surface area contributed by atoms with Crippen LogP contribution in [0.2, 0.25) is 10.0 Å². The second-order valence-corrected chi connectivity index (χ2v) is 12.4. The van der Waals surface area contributed by atoms with Gasteiger partial charge in [0.25, 0.3) is 0 Å². The minimum absolute atomic E-state index is 0.140. The smallest absolute Gasteiger partial charge is 0.337 e. The number of esters is 1. The highest BCUT2D eigenvalue weighted by Crippen LogP contribution is 2.41. The van der Waals surface area contributed by atoms with E-state index in [4.69, 9.17) is 32.7 Å². The van der Waals surface area contributed by atoms with Crippen LogP contribution < -0.4 is 0 Å². The number of allylic oxidation sites excluding steroid dienone is 1. The minimum atomic E-state index is -0.286. The number of hydrogen-bond acceptors (Lipinski definition) is 5. The number of aliphatic hydroxyl groups is 1. The normalized spacial score (nSPS) is 25.8. The fraction of sp³-hybridized carbons (Fsp3) is 0.531. The van der Waals surface area contributed by atoms with Crippen LogP contribution >= 0.6 is 23.2 Å². The highest BCUT2D eigenvalue weighted by atomic mass is 35.5. The molecule has 0 aromatic heterocycles. The molecule has 1 aliphatic heterocycles. The summed E-state index contributed by atoms with van der Waals surface area (Å²) in [6.07, 6.45) is 5.74. The van der Waals surface area contributed by atoms with E-state index in [0.29, 0.717) is 52.3 Å². The summed E-state index contributed by atoms with van der Waals surface area (Å²) in [7, 11) is 1.42. The highest BCUT2D eigenvalue weighted by molar-refractivity contribution is 6.36. The molecule has 0 spiro atoms. The molecule has 0 saturated heterocycles. The molecule has 7 heteroatoms. The molecule has 4 atom stereocenters. The van der Waals surface area contributed by atoms with Gasteiger partial charge in [0.15, 0.2) is 0 Å². The zero-order valence-electron chi connectivity index (χ0n) is 23.1. The Morgan fingerprint density at radius 3 is 2.46 bits per heavy atom. The van der Waals surface area contributed by atoms with Crippen molar-refractivity contribution in [3.8, 4) is 0 Å². The summed E-state index contributed by atoms with van der Waals surface area (Å²) in [5.74, 6) is 1.38. The van der Waals surface area contributed by atoms with E-state index in [-0.39, 0.29) is 18.0 Å². The van der Waals surface area contributed by atoms with Gasteiger partial charge >= 0.3 is 5.97 Å². The van der Waals surface area contributed by atoms with Crippen LogP contribution in [-0.2, 0) is 29.0 Å². The van der Waals surface area contributed by atoms with E-state index < -0.39 is 0 Å². The maximum absolute atomic E-state index is 12.0. The number of ether oxygens (including phenoxy) is 2. The van der Waals surface area contributed by atoms with E-state index in [0.717, 1.165) is 56.3 Å². The van der Waals surface area contributed by atoms with Crippen molar-refractivity contribution in [3.63, 3.8) is 0 Å². The van der Waals surface area contributed by atoms with Crippen LogP contribution in [0.4, 0.5) is 0 Å². The topological polar surface area (TPSA) is 59.0 Å². The molecular weight excluding hydrogens is 533 g/mol. The first-order valence-electron chi connectivity index (χ1n) is 14.2. The van der Waals surface area contributed by atoms with E-state index in [1.807, 2.05) is 30.3 Å². The van der Waals surface area contributed by atoms with Crippen LogP contribution in [0.1, 0.15) is 73.0 Å². The van der Waals surface area contributed by atoms with Gasteiger partial charge in [-0.15, -0.1) is 0 Å². The fourth-order valence-corrected chi connectivity index (χ4v) is 7.20. The Kier molecular flexibility index (Phi) is 8.92. The molecule has 2 aromatic carbocycles. The van der Waals surface area contributed by atoms with Crippen LogP contribution in [0.15, 0.2) is 47.7 Å². The van der Waals surface area contributed by atoms with Crippen LogP contribution in [0.5, 0.6) is 0 Å². The molecule has 0 radical (unpaired) electrons. The number of nitrogens with zero attached hydrogens (tertiary/aromatic N) is 1. The van der Waals surface area contributed by atoms with E-state index in [2.05, 4.69) is 24.8 Å². The molecule has 5 nitrogen and oxygen atoms in total. The quantitative estimate of drug-likeness (QED) is 0.246. The standard InChI is InChI=1S/C32H39Cl2NO4/c1-4-20-14-26(39-18-25(31(36)21-8-9-21)15-27-28(33)6-5-7-29(27)34)12-19(2)30(20)35-16-23-11-10-22(32(37)38-3)13-24(23)17-35/h5-7,10-11,13,19-21,26,30,36H,4,8-9,12,14-18H2,1-3H3/b31-25+. The number of carbonyl (C=O) groups is 1. The Morgan fingerprint density at radius 1 is 1.08 bits per heavy atom. The van der Waals surface area contributed by atoms with Gasteiger partial charge in [-0.25, -0.2) is 4.79 Å². The summed E-state index contributed by atoms with van der Waals surface area (Å²) in [5, 5.41) is 12.2. The zero-order valence-corrected chi connectivity index (χ0v) is 24.6.